The zero-order valence-electron chi connectivity index (χ0n) is 10.4. The van der Waals surface area contributed by atoms with E-state index >= 15 is 0 Å². The van der Waals surface area contributed by atoms with Gasteiger partial charge in [0.2, 0.25) is 0 Å². The third-order valence-corrected chi connectivity index (χ3v) is 3.78. The number of hydrogen-bond donors (Lipinski definition) is 1. The summed E-state index contributed by atoms with van der Waals surface area (Å²) < 4.78 is 5.69. The van der Waals surface area contributed by atoms with Gasteiger partial charge >= 0.3 is 0 Å². The Morgan fingerprint density at radius 2 is 2.05 bits per heavy atom. The maximum absolute atomic E-state index is 6.07. The molecular weight excluding hydrogens is 278 g/mol. The van der Waals surface area contributed by atoms with Crippen LogP contribution in [0.3, 0.4) is 0 Å². The van der Waals surface area contributed by atoms with Crippen LogP contribution < -0.4 is 5.73 Å². The second-order valence-electron chi connectivity index (χ2n) is 3.85. The minimum atomic E-state index is 0.371. The molecule has 0 atom stereocenters. The molecule has 2 N–H and O–H groups in total. The van der Waals surface area contributed by atoms with Gasteiger partial charge in [-0.25, -0.2) is 0 Å². The molecule has 98 valence electrons. The molecular formula is C15H14ClNOS. The average Bonchev–Trinajstić information content (AvgIpc) is 2.86. The lowest BCUT2D eigenvalue weighted by molar-refractivity contribution is 0.109. The number of thiophene rings is 1. The molecule has 2 aromatic rings. The van der Waals surface area contributed by atoms with Crippen molar-refractivity contribution in [2.45, 2.75) is 13.2 Å². The molecule has 2 rings (SSSR count). The largest absolute Gasteiger partial charge is 0.371 e. The van der Waals surface area contributed by atoms with Crippen molar-refractivity contribution >= 4 is 22.9 Å². The summed E-state index contributed by atoms with van der Waals surface area (Å²) in [4.78, 5) is 1.12. The Kier molecular flexibility index (Phi) is 5.44. The van der Waals surface area contributed by atoms with Crippen LogP contribution in [0, 0.1) is 11.8 Å². The van der Waals surface area contributed by atoms with Crippen molar-refractivity contribution in [3.8, 4) is 11.8 Å². The van der Waals surface area contributed by atoms with Gasteiger partial charge in [0.25, 0.3) is 0 Å². The standard InChI is InChI=1S/C15H14ClNOS/c16-14-6-2-1-4-13(14)10-18-11-15-12(5-3-8-17)7-9-19-15/h1-2,4,6-7,9H,8,10-11,17H2. The predicted molar refractivity (Wildman–Crippen MR) is 80.2 cm³/mol. The molecule has 0 fully saturated rings. The van der Waals surface area contributed by atoms with Gasteiger partial charge in [-0.2, -0.15) is 0 Å². The SMILES string of the molecule is NCC#Cc1ccsc1COCc1ccccc1Cl. The van der Waals surface area contributed by atoms with Crippen molar-refractivity contribution < 1.29 is 4.74 Å². The molecule has 0 saturated heterocycles. The Morgan fingerprint density at radius 1 is 1.21 bits per heavy atom. The Morgan fingerprint density at radius 3 is 2.84 bits per heavy atom. The molecule has 1 aromatic carbocycles. The highest BCUT2D eigenvalue weighted by molar-refractivity contribution is 7.10. The third-order valence-electron chi connectivity index (χ3n) is 2.52. The van der Waals surface area contributed by atoms with Crippen LogP contribution >= 0.6 is 22.9 Å². The van der Waals surface area contributed by atoms with E-state index in [0.29, 0.717) is 19.8 Å². The summed E-state index contributed by atoms with van der Waals surface area (Å²) in [5.74, 6) is 5.90. The van der Waals surface area contributed by atoms with Crippen molar-refractivity contribution in [3.05, 3.63) is 56.7 Å². The van der Waals surface area contributed by atoms with Crippen molar-refractivity contribution in [2.24, 2.45) is 5.73 Å². The maximum Gasteiger partial charge on any atom is 0.0826 e. The van der Waals surface area contributed by atoms with Gasteiger partial charge in [0.1, 0.15) is 0 Å². The summed E-state index contributed by atoms with van der Waals surface area (Å²) in [6, 6.07) is 9.68. The van der Waals surface area contributed by atoms with Gasteiger partial charge in [-0.1, -0.05) is 41.6 Å². The van der Waals surface area contributed by atoms with Crippen LogP contribution in [0.4, 0.5) is 0 Å². The molecule has 4 heteroatoms. The normalized spacial score (nSPS) is 10.0. The van der Waals surface area contributed by atoms with E-state index in [1.807, 2.05) is 35.7 Å². The Balaban J connectivity index is 1.93. The second-order valence-corrected chi connectivity index (χ2v) is 5.26. The Bertz CT molecular complexity index is 597. The minimum absolute atomic E-state index is 0.371. The van der Waals surface area contributed by atoms with Gasteiger partial charge in [-0.3, -0.25) is 0 Å². The quantitative estimate of drug-likeness (QED) is 0.876. The number of hydrogen-bond acceptors (Lipinski definition) is 3. The maximum atomic E-state index is 6.07. The van der Waals surface area contributed by atoms with E-state index in [4.69, 9.17) is 22.1 Å². The van der Waals surface area contributed by atoms with Crippen molar-refractivity contribution in [1.82, 2.24) is 0 Å². The summed E-state index contributed by atoms with van der Waals surface area (Å²) in [5, 5.41) is 2.74. The summed E-state index contributed by atoms with van der Waals surface area (Å²) in [7, 11) is 0. The van der Waals surface area contributed by atoms with Crippen LogP contribution in [0.15, 0.2) is 35.7 Å². The lowest BCUT2D eigenvalue weighted by atomic mass is 10.2. The molecule has 19 heavy (non-hydrogen) atoms. The first-order valence-corrected chi connectivity index (χ1v) is 7.13. The van der Waals surface area contributed by atoms with Crippen molar-refractivity contribution in [3.63, 3.8) is 0 Å². The first-order valence-electron chi connectivity index (χ1n) is 5.87. The molecule has 0 aliphatic rings. The van der Waals surface area contributed by atoms with Gasteiger partial charge < -0.3 is 10.5 Å². The highest BCUT2D eigenvalue weighted by atomic mass is 35.5. The number of halogens is 1. The smallest absolute Gasteiger partial charge is 0.0826 e. The highest BCUT2D eigenvalue weighted by Gasteiger charge is 2.03. The van der Waals surface area contributed by atoms with E-state index in [9.17, 15) is 0 Å². The lowest BCUT2D eigenvalue weighted by Crippen LogP contribution is -1.95. The molecule has 0 unspecified atom stereocenters. The van der Waals surface area contributed by atoms with Gasteiger partial charge in [0.05, 0.1) is 19.8 Å². The number of ether oxygens (including phenoxy) is 1. The second kappa shape index (κ2) is 7.32. The number of nitrogens with two attached hydrogens (primary N) is 1. The molecule has 0 aliphatic heterocycles. The number of rotatable bonds is 4. The molecule has 1 aromatic heterocycles. The van der Waals surface area contributed by atoms with Crippen molar-refractivity contribution in [2.75, 3.05) is 6.54 Å². The van der Waals surface area contributed by atoms with E-state index in [2.05, 4.69) is 11.8 Å². The number of benzene rings is 1. The lowest BCUT2D eigenvalue weighted by Gasteiger charge is -2.05. The molecule has 0 saturated carbocycles. The van der Waals surface area contributed by atoms with E-state index in [1.54, 1.807) is 11.3 Å². The van der Waals surface area contributed by atoms with Crippen LogP contribution in [0.5, 0.6) is 0 Å². The van der Waals surface area contributed by atoms with Crippen molar-refractivity contribution in [1.29, 1.82) is 0 Å². The predicted octanol–water partition coefficient (Wildman–Crippen LogP) is 3.43. The van der Waals surface area contributed by atoms with Crippen LogP contribution in [0.25, 0.3) is 0 Å². The molecule has 0 amide bonds. The topological polar surface area (TPSA) is 35.2 Å². The van der Waals surface area contributed by atoms with E-state index in [0.717, 1.165) is 21.0 Å². The summed E-state index contributed by atoms with van der Waals surface area (Å²) in [5.41, 5.74) is 7.36. The zero-order chi connectivity index (χ0) is 13.5. The molecule has 1 heterocycles. The first-order chi connectivity index (χ1) is 9.31. The van der Waals surface area contributed by atoms with Gasteiger partial charge in [-0.15, -0.1) is 11.3 Å². The van der Waals surface area contributed by atoms with Gasteiger partial charge in [0, 0.05) is 15.5 Å². The molecule has 0 aliphatic carbocycles. The molecule has 0 spiro atoms. The summed E-state index contributed by atoms with van der Waals surface area (Å²) in [6.45, 7) is 1.41. The van der Waals surface area contributed by atoms with Gasteiger partial charge in [-0.05, 0) is 23.1 Å². The van der Waals surface area contributed by atoms with E-state index < -0.39 is 0 Å². The zero-order valence-corrected chi connectivity index (χ0v) is 11.9. The van der Waals surface area contributed by atoms with E-state index in [1.165, 1.54) is 0 Å². The summed E-state index contributed by atoms with van der Waals surface area (Å²) in [6.07, 6.45) is 0. The summed E-state index contributed by atoms with van der Waals surface area (Å²) >= 11 is 7.71. The fraction of sp³-hybridized carbons (Fsp3) is 0.200. The third kappa shape index (κ3) is 4.09. The van der Waals surface area contributed by atoms with E-state index in [-0.39, 0.29) is 0 Å². The van der Waals surface area contributed by atoms with Crippen LogP contribution in [-0.2, 0) is 18.0 Å². The van der Waals surface area contributed by atoms with Crippen LogP contribution in [0.1, 0.15) is 16.0 Å². The average molecular weight is 292 g/mol. The molecule has 0 bridgehead atoms. The Labute approximate surface area is 122 Å². The monoisotopic (exact) mass is 291 g/mol. The van der Waals surface area contributed by atoms with Gasteiger partial charge in [0.15, 0.2) is 0 Å². The highest BCUT2D eigenvalue weighted by Crippen LogP contribution is 2.20. The molecule has 0 radical (unpaired) electrons. The minimum Gasteiger partial charge on any atom is -0.371 e. The van der Waals surface area contributed by atoms with Crippen LogP contribution in [-0.4, -0.2) is 6.54 Å². The first kappa shape index (κ1) is 14.1. The molecule has 2 nitrogen and oxygen atoms in total. The Hall–Kier alpha value is -1.31. The fourth-order valence-electron chi connectivity index (χ4n) is 1.58. The van der Waals surface area contributed by atoms with Crippen LogP contribution in [0.2, 0.25) is 5.02 Å². The fourth-order valence-corrected chi connectivity index (χ4v) is 2.54.